The fourth-order valence-electron chi connectivity index (χ4n) is 2.27. The van der Waals surface area contributed by atoms with E-state index in [0.717, 1.165) is 11.4 Å². The van der Waals surface area contributed by atoms with Crippen molar-refractivity contribution < 1.29 is 9.53 Å². The summed E-state index contributed by atoms with van der Waals surface area (Å²) in [6.45, 7) is 11.9. The van der Waals surface area contributed by atoms with E-state index in [1.807, 2.05) is 58.6 Å². The summed E-state index contributed by atoms with van der Waals surface area (Å²) in [6.07, 6.45) is 0. The highest BCUT2D eigenvalue weighted by atomic mass is 16.5. The standard InChI is InChI=1S/C15H24N2O2/c1-10(2)17(11(3)4)15(18)9-19-14-7-12(5)16-13(6)8-14/h7-8,10-11H,9H2,1-6H3. The highest BCUT2D eigenvalue weighted by molar-refractivity contribution is 5.78. The number of rotatable bonds is 5. The first-order chi connectivity index (χ1) is 8.81. The SMILES string of the molecule is Cc1cc(OCC(=O)N(C(C)C)C(C)C)cc(C)n1. The Labute approximate surface area is 115 Å². The molecule has 1 amide bonds. The summed E-state index contributed by atoms with van der Waals surface area (Å²) in [4.78, 5) is 18.3. The molecule has 0 fully saturated rings. The van der Waals surface area contributed by atoms with E-state index >= 15 is 0 Å². The monoisotopic (exact) mass is 264 g/mol. The molecule has 0 saturated carbocycles. The minimum absolute atomic E-state index is 0.0112. The van der Waals surface area contributed by atoms with Gasteiger partial charge < -0.3 is 9.64 Å². The Balaban J connectivity index is 2.67. The van der Waals surface area contributed by atoms with Gasteiger partial charge in [-0.25, -0.2) is 0 Å². The van der Waals surface area contributed by atoms with Crippen molar-refractivity contribution in [2.24, 2.45) is 0 Å². The van der Waals surface area contributed by atoms with Gasteiger partial charge in [0.2, 0.25) is 0 Å². The molecule has 106 valence electrons. The zero-order valence-corrected chi connectivity index (χ0v) is 12.7. The maximum atomic E-state index is 12.2. The number of hydrogen-bond donors (Lipinski definition) is 0. The minimum atomic E-state index is 0.0112. The molecule has 1 aromatic rings. The molecule has 1 rings (SSSR count). The van der Waals surface area contributed by atoms with E-state index in [9.17, 15) is 4.79 Å². The van der Waals surface area contributed by atoms with Crippen LogP contribution in [0.5, 0.6) is 5.75 Å². The van der Waals surface area contributed by atoms with E-state index < -0.39 is 0 Å². The maximum Gasteiger partial charge on any atom is 0.260 e. The van der Waals surface area contributed by atoms with Crippen molar-refractivity contribution in [3.8, 4) is 5.75 Å². The third-order valence-electron chi connectivity index (χ3n) is 2.82. The number of nitrogens with zero attached hydrogens (tertiary/aromatic N) is 2. The van der Waals surface area contributed by atoms with Gasteiger partial charge in [0.1, 0.15) is 5.75 Å². The number of aryl methyl sites for hydroxylation is 2. The molecule has 0 saturated heterocycles. The van der Waals surface area contributed by atoms with Crippen LogP contribution in [-0.2, 0) is 4.79 Å². The summed E-state index contributed by atoms with van der Waals surface area (Å²) in [5.41, 5.74) is 1.79. The van der Waals surface area contributed by atoms with E-state index in [4.69, 9.17) is 4.74 Å². The Kier molecular flexibility index (Phi) is 5.33. The Morgan fingerprint density at radius 1 is 1.16 bits per heavy atom. The average molecular weight is 264 g/mol. The normalized spacial score (nSPS) is 10.9. The molecule has 0 aromatic carbocycles. The second-order valence-corrected chi connectivity index (χ2v) is 5.36. The van der Waals surface area contributed by atoms with Crippen LogP contribution < -0.4 is 4.74 Å². The lowest BCUT2D eigenvalue weighted by Crippen LogP contribution is -2.44. The Hall–Kier alpha value is -1.58. The summed E-state index contributed by atoms with van der Waals surface area (Å²) >= 11 is 0. The quantitative estimate of drug-likeness (QED) is 0.821. The molecule has 0 aliphatic heterocycles. The van der Waals surface area contributed by atoms with E-state index in [1.165, 1.54) is 0 Å². The first-order valence-electron chi connectivity index (χ1n) is 6.70. The van der Waals surface area contributed by atoms with Crippen LogP contribution in [0.2, 0.25) is 0 Å². The second kappa shape index (κ2) is 6.55. The zero-order chi connectivity index (χ0) is 14.6. The van der Waals surface area contributed by atoms with Crippen molar-refractivity contribution >= 4 is 5.91 Å². The molecule has 0 N–H and O–H groups in total. The molecule has 0 atom stereocenters. The van der Waals surface area contributed by atoms with Gasteiger partial charge in [-0.3, -0.25) is 9.78 Å². The number of carbonyl (C=O) groups excluding carboxylic acids is 1. The number of aromatic nitrogens is 1. The molecule has 4 nitrogen and oxygen atoms in total. The van der Waals surface area contributed by atoms with Gasteiger partial charge >= 0.3 is 0 Å². The van der Waals surface area contributed by atoms with Crippen LogP contribution in [0.25, 0.3) is 0 Å². The highest BCUT2D eigenvalue weighted by Crippen LogP contribution is 2.14. The second-order valence-electron chi connectivity index (χ2n) is 5.36. The number of pyridine rings is 1. The summed E-state index contributed by atoms with van der Waals surface area (Å²) in [5, 5.41) is 0. The van der Waals surface area contributed by atoms with Gasteiger partial charge in [0.15, 0.2) is 6.61 Å². The van der Waals surface area contributed by atoms with Gasteiger partial charge in [0.25, 0.3) is 5.91 Å². The van der Waals surface area contributed by atoms with Gasteiger partial charge in [0.05, 0.1) is 0 Å². The van der Waals surface area contributed by atoms with E-state index in [-0.39, 0.29) is 24.6 Å². The third kappa shape index (κ3) is 4.54. The van der Waals surface area contributed by atoms with Crippen LogP contribution >= 0.6 is 0 Å². The first kappa shape index (κ1) is 15.5. The average Bonchev–Trinajstić information content (AvgIpc) is 2.23. The van der Waals surface area contributed by atoms with Crippen molar-refractivity contribution in [2.75, 3.05) is 6.61 Å². The number of amides is 1. The number of hydrogen-bond acceptors (Lipinski definition) is 3. The molecule has 0 radical (unpaired) electrons. The molecule has 19 heavy (non-hydrogen) atoms. The number of carbonyl (C=O) groups is 1. The first-order valence-corrected chi connectivity index (χ1v) is 6.70. The van der Waals surface area contributed by atoms with Crippen LogP contribution in [0.15, 0.2) is 12.1 Å². The Bertz CT molecular complexity index is 414. The van der Waals surface area contributed by atoms with Crippen molar-refractivity contribution in [2.45, 2.75) is 53.6 Å². The van der Waals surface area contributed by atoms with Crippen molar-refractivity contribution in [1.29, 1.82) is 0 Å². The van der Waals surface area contributed by atoms with Crippen LogP contribution in [0.4, 0.5) is 0 Å². The highest BCUT2D eigenvalue weighted by Gasteiger charge is 2.20. The van der Waals surface area contributed by atoms with Crippen molar-refractivity contribution in [3.05, 3.63) is 23.5 Å². The van der Waals surface area contributed by atoms with Crippen LogP contribution in [0.3, 0.4) is 0 Å². The molecule has 0 aliphatic rings. The lowest BCUT2D eigenvalue weighted by Gasteiger charge is -2.30. The molecule has 0 bridgehead atoms. The van der Waals surface area contributed by atoms with E-state index in [0.29, 0.717) is 5.75 Å². The van der Waals surface area contributed by atoms with E-state index in [1.54, 1.807) is 0 Å². The molecule has 0 spiro atoms. The lowest BCUT2D eigenvalue weighted by atomic mass is 10.2. The molecule has 0 unspecified atom stereocenters. The molecule has 1 heterocycles. The summed E-state index contributed by atoms with van der Waals surface area (Å²) < 4.78 is 5.58. The summed E-state index contributed by atoms with van der Waals surface area (Å²) in [7, 11) is 0. The van der Waals surface area contributed by atoms with Crippen molar-refractivity contribution in [3.63, 3.8) is 0 Å². The Morgan fingerprint density at radius 2 is 1.63 bits per heavy atom. The molecule has 4 heteroatoms. The largest absolute Gasteiger partial charge is 0.484 e. The Morgan fingerprint density at radius 3 is 2.05 bits per heavy atom. The summed E-state index contributed by atoms with van der Waals surface area (Å²) in [6, 6.07) is 4.04. The van der Waals surface area contributed by atoms with Crippen LogP contribution in [0, 0.1) is 13.8 Å². The van der Waals surface area contributed by atoms with Gasteiger partial charge in [0, 0.05) is 35.6 Å². The number of ether oxygens (including phenoxy) is 1. The van der Waals surface area contributed by atoms with Gasteiger partial charge in [-0.15, -0.1) is 0 Å². The minimum Gasteiger partial charge on any atom is -0.484 e. The fraction of sp³-hybridized carbons (Fsp3) is 0.600. The van der Waals surface area contributed by atoms with Crippen LogP contribution in [-0.4, -0.2) is 34.5 Å². The van der Waals surface area contributed by atoms with Crippen molar-refractivity contribution in [1.82, 2.24) is 9.88 Å². The smallest absolute Gasteiger partial charge is 0.260 e. The van der Waals surface area contributed by atoms with Gasteiger partial charge in [-0.05, 0) is 41.5 Å². The van der Waals surface area contributed by atoms with Crippen LogP contribution in [0.1, 0.15) is 39.1 Å². The van der Waals surface area contributed by atoms with Gasteiger partial charge in [-0.1, -0.05) is 0 Å². The fourth-order valence-corrected chi connectivity index (χ4v) is 2.27. The predicted octanol–water partition coefficient (Wildman–Crippen LogP) is 2.72. The summed E-state index contributed by atoms with van der Waals surface area (Å²) in [5.74, 6) is 0.711. The van der Waals surface area contributed by atoms with Gasteiger partial charge in [-0.2, -0.15) is 0 Å². The zero-order valence-electron chi connectivity index (χ0n) is 12.7. The molecular formula is C15H24N2O2. The molecular weight excluding hydrogens is 240 g/mol. The lowest BCUT2D eigenvalue weighted by molar-refractivity contribution is -0.136. The molecule has 1 aromatic heterocycles. The topological polar surface area (TPSA) is 42.4 Å². The third-order valence-corrected chi connectivity index (χ3v) is 2.82. The predicted molar refractivity (Wildman–Crippen MR) is 76.3 cm³/mol. The van der Waals surface area contributed by atoms with E-state index in [2.05, 4.69) is 4.98 Å². The maximum absolute atomic E-state index is 12.2. The molecule has 0 aliphatic carbocycles.